The van der Waals surface area contributed by atoms with Crippen molar-refractivity contribution in [1.29, 1.82) is 0 Å². The molecular weight excluding hydrogens is 296 g/mol. The predicted molar refractivity (Wildman–Crippen MR) is 86.5 cm³/mol. The van der Waals surface area contributed by atoms with Crippen molar-refractivity contribution >= 4 is 5.69 Å². The lowest BCUT2D eigenvalue weighted by atomic mass is 9.84. The standard InChI is InChI=1S/C17H24N2O4/c1-10-5-6-11(2)18(10)15-13-9-12(19(21)22)7-8-14(13)23-17(3,4)16(15)20/h7-11,15-16,20H,5-6H2,1-4H3/t10?,11?,15-,16+/m0/s1. The molecule has 3 rings (SSSR count). The highest BCUT2D eigenvalue weighted by Crippen LogP contribution is 2.47. The molecule has 0 spiro atoms. The minimum Gasteiger partial charge on any atom is -0.485 e. The molecule has 0 aromatic heterocycles. The molecule has 6 nitrogen and oxygen atoms in total. The second kappa shape index (κ2) is 5.46. The molecule has 2 aliphatic heterocycles. The van der Waals surface area contributed by atoms with Crippen molar-refractivity contribution in [3.05, 3.63) is 33.9 Å². The second-order valence-electron chi connectivity index (χ2n) is 7.30. The van der Waals surface area contributed by atoms with Crippen LogP contribution in [0.15, 0.2) is 18.2 Å². The first-order chi connectivity index (χ1) is 10.7. The Bertz CT molecular complexity index is 621. The molecule has 4 atom stereocenters. The molecular formula is C17H24N2O4. The van der Waals surface area contributed by atoms with Gasteiger partial charge in [0.25, 0.3) is 5.69 Å². The zero-order valence-electron chi connectivity index (χ0n) is 14.0. The van der Waals surface area contributed by atoms with Gasteiger partial charge in [-0.3, -0.25) is 15.0 Å². The van der Waals surface area contributed by atoms with Crippen molar-refractivity contribution in [3.63, 3.8) is 0 Å². The smallest absolute Gasteiger partial charge is 0.270 e. The zero-order valence-corrected chi connectivity index (χ0v) is 14.0. The first kappa shape index (κ1) is 16.2. The molecule has 1 fully saturated rings. The highest BCUT2D eigenvalue weighted by molar-refractivity contribution is 5.48. The van der Waals surface area contributed by atoms with Gasteiger partial charge in [0.1, 0.15) is 17.5 Å². The normalized spacial score (nSPS) is 33.1. The van der Waals surface area contributed by atoms with E-state index in [1.54, 1.807) is 12.1 Å². The van der Waals surface area contributed by atoms with E-state index in [1.165, 1.54) is 6.07 Å². The third-order valence-electron chi connectivity index (χ3n) is 5.25. The Labute approximate surface area is 136 Å². The van der Waals surface area contributed by atoms with E-state index in [0.29, 0.717) is 23.4 Å². The molecule has 23 heavy (non-hydrogen) atoms. The lowest BCUT2D eigenvalue weighted by Gasteiger charge is -2.47. The van der Waals surface area contributed by atoms with Crippen LogP contribution in [0.4, 0.5) is 5.69 Å². The molecule has 0 saturated carbocycles. The largest absolute Gasteiger partial charge is 0.485 e. The first-order valence-corrected chi connectivity index (χ1v) is 8.15. The van der Waals surface area contributed by atoms with Crippen molar-refractivity contribution in [2.45, 2.75) is 70.4 Å². The van der Waals surface area contributed by atoms with Crippen LogP contribution in [0.25, 0.3) is 0 Å². The van der Waals surface area contributed by atoms with Gasteiger partial charge in [-0.2, -0.15) is 0 Å². The fourth-order valence-electron chi connectivity index (χ4n) is 3.95. The monoisotopic (exact) mass is 320 g/mol. The molecule has 2 aliphatic rings. The van der Waals surface area contributed by atoms with Gasteiger partial charge in [0.2, 0.25) is 0 Å². The van der Waals surface area contributed by atoms with E-state index in [9.17, 15) is 15.2 Å². The quantitative estimate of drug-likeness (QED) is 0.669. The van der Waals surface area contributed by atoms with Crippen molar-refractivity contribution < 1.29 is 14.8 Å². The number of aliphatic hydroxyl groups is 1. The summed E-state index contributed by atoms with van der Waals surface area (Å²) in [5, 5.41) is 22.1. The Morgan fingerprint density at radius 3 is 2.48 bits per heavy atom. The maximum Gasteiger partial charge on any atom is 0.270 e. The van der Waals surface area contributed by atoms with E-state index in [1.807, 2.05) is 13.8 Å². The fraction of sp³-hybridized carbons (Fsp3) is 0.647. The van der Waals surface area contributed by atoms with E-state index < -0.39 is 16.6 Å². The molecule has 1 aromatic carbocycles. The molecule has 1 N–H and O–H groups in total. The number of nitrogens with zero attached hydrogens (tertiary/aromatic N) is 2. The van der Waals surface area contributed by atoms with Crippen LogP contribution in [-0.2, 0) is 0 Å². The Balaban J connectivity index is 2.13. The van der Waals surface area contributed by atoms with Crippen LogP contribution in [0, 0.1) is 10.1 Å². The summed E-state index contributed by atoms with van der Waals surface area (Å²) in [6, 6.07) is 5.02. The van der Waals surface area contributed by atoms with Crippen molar-refractivity contribution in [1.82, 2.24) is 4.90 Å². The number of likely N-dealkylation sites (tertiary alicyclic amines) is 1. The molecule has 2 unspecified atom stereocenters. The summed E-state index contributed by atoms with van der Waals surface area (Å²) in [6.07, 6.45) is 1.38. The Kier molecular flexibility index (Phi) is 3.84. The van der Waals surface area contributed by atoms with Crippen molar-refractivity contribution in [3.8, 4) is 5.75 Å². The highest BCUT2D eigenvalue weighted by Gasteiger charge is 2.49. The molecule has 1 aromatic rings. The van der Waals surface area contributed by atoms with Gasteiger partial charge in [-0.15, -0.1) is 0 Å². The molecule has 0 bridgehead atoms. The summed E-state index contributed by atoms with van der Waals surface area (Å²) in [6.45, 7) is 8.02. The average Bonchev–Trinajstić information content (AvgIpc) is 2.79. The molecule has 0 aliphatic carbocycles. The lowest BCUT2D eigenvalue weighted by Crippen LogP contribution is -2.55. The maximum absolute atomic E-state index is 11.1. The van der Waals surface area contributed by atoms with Gasteiger partial charge in [0.15, 0.2) is 0 Å². The number of hydrogen-bond acceptors (Lipinski definition) is 5. The SMILES string of the molecule is CC1CCC(C)N1[C@H]1c2cc([N+](=O)[O-])ccc2OC(C)(C)[C@@H]1O. The van der Waals surface area contributed by atoms with Crippen LogP contribution in [-0.4, -0.2) is 38.7 Å². The van der Waals surface area contributed by atoms with E-state index in [2.05, 4.69) is 18.7 Å². The summed E-state index contributed by atoms with van der Waals surface area (Å²) >= 11 is 0. The number of aliphatic hydroxyl groups excluding tert-OH is 1. The number of nitro groups is 1. The Morgan fingerprint density at radius 1 is 1.30 bits per heavy atom. The van der Waals surface area contributed by atoms with E-state index in [-0.39, 0.29) is 11.7 Å². The summed E-state index contributed by atoms with van der Waals surface area (Å²) in [5.41, 5.74) is 0.00548. The van der Waals surface area contributed by atoms with E-state index in [0.717, 1.165) is 12.8 Å². The minimum absolute atomic E-state index is 0.0313. The number of nitro benzene ring substituents is 1. The van der Waals surface area contributed by atoms with Crippen LogP contribution >= 0.6 is 0 Å². The van der Waals surface area contributed by atoms with E-state index >= 15 is 0 Å². The fourth-order valence-corrected chi connectivity index (χ4v) is 3.95. The van der Waals surface area contributed by atoms with Gasteiger partial charge in [-0.25, -0.2) is 0 Å². The third kappa shape index (κ3) is 2.60. The van der Waals surface area contributed by atoms with Crippen LogP contribution in [0.1, 0.15) is 52.1 Å². The van der Waals surface area contributed by atoms with Crippen LogP contribution in [0.3, 0.4) is 0 Å². The summed E-state index contributed by atoms with van der Waals surface area (Å²) in [5.74, 6) is 0.627. The molecule has 1 saturated heterocycles. The number of ether oxygens (including phenoxy) is 1. The molecule has 6 heteroatoms. The van der Waals surface area contributed by atoms with Crippen LogP contribution in [0.5, 0.6) is 5.75 Å². The molecule has 0 amide bonds. The number of rotatable bonds is 2. The molecule has 2 heterocycles. The average molecular weight is 320 g/mol. The summed E-state index contributed by atoms with van der Waals surface area (Å²) in [7, 11) is 0. The third-order valence-corrected chi connectivity index (χ3v) is 5.25. The number of hydrogen-bond donors (Lipinski definition) is 1. The van der Waals surface area contributed by atoms with Crippen LogP contribution < -0.4 is 4.74 Å². The second-order valence-corrected chi connectivity index (χ2v) is 7.30. The van der Waals surface area contributed by atoms with Crippen molar-refractivity contribution in [2.75, 3.05) is 0 Å². The number of non-ortho nitro benzene ring substituents is 1. The van der Waals surface area contributed by atoms with Gasteiger partial charge in [-0.1, -0.05) is 0 Å². The Morgan fingerprint density at radius 2 is 1.91 bits per heavy atom. The molecule has 126 valence electrons. The van der Waals surface area contributed by atoms with Gasteiger partial charge in [0.05, 0.1) is 11.0 Å². The molecule has 0 radical (unpaired) electrons. The minimum atomic E-state index is -0.750. The number of fused-ring (bicyclic) bond motifs is 1. The maximum atomic E-state index is 11.1. The van der Waals surface area contributed by atoms with E-state index in [4.69, 9.17) is 4.74 Å². The predicted octanol–water partition coefficient (Wildman–Crippen LogP) is 3.04. The van der Waals surface area contributed by atoms with Gasteiger partial charge < -0.3 is 9.84 Å². The van der Waals surface area contributed by atoms with Crippen molar-refractivity contribution in [2.24, 2.45) is 0 Å². The highest BCUT2D eigenvalue weighted by atomic mass is 16.6. The lowest BCUT2D eigenvalue weighted by molar-refractivity contribution is -0.385. The summed E-state index contributed by atoms with van der Waals surface area (Å²) < 4.78 is 5.93. The Hall–Kier alpha value is -1.66. The van der Waals surface area contributed by atoms with Gasteiger partial charge >= 0.3 is 0 Å². The number of benzene rings is 1. The van der Waals surface area contributed by atoms with Gasteiger partial charge in [-0.05, 0) is 46.6 Å². The topological polar surface area (TPSA) is 75.8 Å². The van der Waals surface area contributed by atoms with Crippen LogP contribution in [0.2, 0.25) is 0 Å². The summed E-state index contributed by atoms with van der Waals surface area (Å²) in [4.78, 5) is 13.0. The zero-order chi connectivity index (χ0) is 16.9. The first-order valence-electron chi connectivity index (χ1n) is 8.15. The van der Waals surface area contributed by atoms with Gasteiger partial charge in [0, 0.05) is 29.8 Å².